The Labute approximate surface area is 118 Å². The molecule has 5 heteroatoms. The molecule has 1 aromatic rings. The fourth-order valence-corrected chi connectivity index (χ4v) is 2.88. The van der Waals surface area contributed by atoms with Crippen LogP contribution >= 0.6 is 15.9 Å². The quantitative estimate of drug-likeness (QED) is 0.901. The first kappa shape index (κ1) is 15.7. The van der Waals surface area contributed by atoms with E-state index in [9.17, 15) is 8.42 Å². The van der Waals surface area contributed by atoms with Crippen LogP contribution in [0.1, 0.15) is 29.2 Å². The van der Waals surface area contributed by atoms with Gasteiger partial charge in [0, 0.05) is 16.8 Å². The minimum absolute atomic E-state index is 0.0743. The van der Waals surface area contributed by atoms with Gasteiger partial charge in [0.15, 0.2) is 0 Å². The summed E-state index contributed by atoms with van der Waals surface area (Å²) in [6.07, 6.45) is 1.87. The Hall–Kier alpha value is -0.390. The van der Waals surface area contributed by atoms with Crippen molar-refractivity contribution in [3.05, 3.63) is 33.3 Å². The van der Waals surface area contributed by atoms with E-state index in [1.165, 1.54) is 17.4 Å². The average molecular weight is 334 g/mol. The maximum atomic E-state index is 11.2. The van der Waals surface area contributed by atoms with Crippen LogP contribution in [0.25, 0.3) is 0 Å². The first-order chi connectivity index (χ1) is 8.24. The minimum Gasteiger partial charge on any atom is -0.313 e. The molecule has 1 unspecified atom stereocenters. The van der Waals surface area contributed by atoms with Crippen molar-refractivity contribution < 1.29 is 8.42 Å². The Balaban J connectivity index is 2.96. The summed E-state index contributed by atoms with van der Waals surface area (Å²) in [5, 5.41) is 3.19. The van der Waals surface area contributed by atoms with E-state index < -0.39 is 9.84 Å². The van der Waals surface area contributed by atoms with Crippen LogP contribution in [0, 0.1) is 13.8 Å². The van der Waals surface area contributed by atoms with E-state index in [4.69, 9.17) is 0 Å². The van der Waals surface area contributed by atoms with E-state index in [0.29, 0.717) is 6.42 Å². The molecule has 0 aliphatic carbocycles. The molecule has 0 aliphatic heterocycles. The summed E-state index contributed by atoms with van der Waals surface area (Å²) in [5.41, 5.74) is 3.48. The zero-order chi connectivity index (χ0) is 13.9. The van der Waals surface area contributed by atoms with Crippen molar-refractivity contribution in [1.82, 2.24) is 5.32 Å². The molecule has 1 aromatic carbocycles. The lowest BCUT2D eigenvalue weighted by Crippen LogP contribution is -2.20. The summed E-state index contributed by atoms with van der Waals surface area (Å²) in [6.45, 7) is 4.09. The Morgan fingerprint density at radius 3 is 2.17 bits per heavy atom. The summed E-state index contributed by atoms with van der Waals surface area (Å²) in [7, 11) is -1.05. The molecule has 0 saturated heterocycles. The molecule has 0 saturated carbocycles. The molecule has 0 heterocycles. The van der Waals surface area contributed by atoms with Crippen LogP contribution in [-0.2, 0) is 9.84 Å². The smallest absolute Gasteiger partial charge is 0.147 e. The summed E-state index contributed by atoms with van der Waals surface area (Å²) < 4.78 is 23.6. The normalized spacial score (nSPS) is 13.6. The second-order valence-corrected chi connectivity index (χ2v) is 7.78. The van der Waals surface area contributed by atoms with Gasteiger partial charge in [-0.2, -0.15) is 0 Å². The number of benzene rings is 1. The number of aryl methyl sites for hydroxylation is 2. The maximum Gasteiger partial charge on any atom is 0.147 e. The number of halogens is 1. The lowest BCUT2D eigenvalue weighted by Gasteiger charge is -2.18. The Morgan fingerprint density at radius 2 is 1.78 bits per heavy atom. The third-order valence-electron chi connectivity index (χ3n) is 2.99. The molecule has 1 N–H and O–H groups in total. The highest BCUT2D eigenvalue weighted by atomic mass is 79.9. The second-order valence-electron chi connectivity index (χ2n) is 4.73. The zero-order valence-corrected chi connectivity index (χ0v) is 13.7. The summed E-state index contributed by atoms with van der Waals surface area (Å²) in [4.78, 5) is 0. The molecule has 0 radical (unpaired) electrons. The molecule has 1 atom stereocenters. The first-order valence-electron chi connectivity index (χ1n) is 5.86. The van der Waals surface area contributed by atoms with Gasteiger partial charge in [0.1, 0.15) is 9.84 Å². The predicted molar refractivity (Wildman–Crippen MR) is 79.7 cm³/mol. The molecular formula is C13H20BrNO2S. The van der Waals surface area contributed by atoms with Gasteiger partial charge in [-0.15, -0.1) is 0 Å². The van der Waals surface area contributed by atoms with Gasteiger partial charge in [-0.1, -0.05) is 28.1 Å². The summed E-state index contributed by atoms with van der Waals surface area (Å²) in [6, 6.07) is 4.27. The van der Waals surface area contributed by atoms with E-state index >= 15 is 0 Å². The second kappa shape index (κ2) is 6.17. The molecular weight excluding hydrogens is 314 g/mol. The molecule has 0 aromatic heterocycles. The van der Waals surface area contributed by atoms with Crippen molar-refractivity contribution in [2.45, 2.75) is 26.3 Å². The molecule has 1 rings (SSSR count). The van der Waals surface area contributed by atoms with E-state index in [0.717, 1.165) is 10.0 Å². The van der Waals surface area contributed by atoms with Crippen LogP contribution in [-0.4, -0.2) is 27.5 Å². The van der Waals surface area contributed by atoms with Gasteiger partial charge in [0.05, 0.1) is 5.75 Å². The zero-order valence-electron chi connectivity index (χ0n) is 11.2. The van der Waals surface area contributed by atoms with Crippen LogP contribution in [0.2, 0.25) is 0 Å². The van der Waals surface area contributed by atoms with Crippen molar-refractivity contribution in [3.8, 4) is 0 Å². The van der Waals surface area contributed by atoms with E-state index in [-0.39, 0.29) is 11.8 Å². The molecule has 18 heavy (non-hydrogen) atoms. The molecule has 0 bridgehead atoms. The molecule has 0 fully saturated rings. The number of sulfone groups is 1. The fraction of sp³-hybridized carbons (Fsp3) is 0.538. The highest BCUT2D eigenvalue weighted by molar-refractivity contribution is 9.10. The molecule has 0 aliphatic rings. The van der Waals surface area contributed by atoms with E-state index in [1.54, 1.807) is 0 Å². The van der Waals surface area contributed by atoms with Crippen LogP contribution in [0.5, 0.6) is 0 Å². The maximum absolute atomic E-state index is 11.2. The van der Waals surface area contributed by atoms with Gasteiger partial charge < -0.3 is 5.32 Å². The third-order valence-corrected chi connectivity index (χ3v) is 5.22. The molecule has 3 nitrogen and oxygen atoms in total. The standard InChI is InChI=1S/C13H20BrNO2S/c1-9-7-11(8-10(2)13(9)14)12(15-3)5-6-18(4,16)17/h7-8,12,15H,5-6H2,1-4H3. The number of hydrogen-bond acceptors (Lipinski definition) is 3. The average Bonchev–Trinajstić information content (AvgIpc) is 2.25. The van der Waals surface area contributed by atoms with Gasteiger partial charge >= 0.3 is 0 Å². The Bertz CT molecular complexity index is 503. The van der Waals surface area contributed by atoms with Crippen molar-refractivity contribution in [2.75, 3.05) is 19.1 Å². The topological polar surface area (TPSA) is 46.2 Å². The minimum atomic E-state index is -2.91. The monoisotopic (exact) mass is 333 g/mol. The van der Waals surface area contributed by atoms with Crippen molar-refractivity contribution in [2.24, 2.45) is 0 Å². The summed E-state index contributed by atoms with van der Waals surface area (Å²) in [5.74, 6) is 0.201. The lowest BCUT2D eigenvalue weighted by atomic mass is 10.00. The molecule has 0 amide bonds. The summed E-state index contributed by atoms with van der Waals surface area (Å²) >= 11 is 3.54. The number of rotatable bonds is 5. The van der Waals surface area contributed by atoms with E-state index in [2.05, 4.69) is 33.4 Å². The number of hydrogen-bond donors (Lipinski definition) is 1. The van der Waals surface area contributed by atoms with E-state index in [1.807, 2.05) is 20.9 Å². The largest absolute Gasteiger partial charge is 0.313 e. The van der Waals surface area contributed by atoms with Gasteiger partial charge in [-0.05, 0) is 44.0 Å². The third kappa shape index (κ3) is 4.37. The van der Waals surface area contributed by atoms with Crippen LogP contribution < -0.4 is 5.32 Å². The van der Waals surface area contributed by atoms with Crippen LogP contribution in [0.3, 0.4) is 0 Å². The molecule has 102 valence electrons. The van der Waals surface area contributed by atoms with Crippen molar-refractivity contribution in [1.29, 1.82) is 0 Å². The Morgan fingerprint density at radius 1 is 1.28 bits per heavy atom. The highest BCUT2D eigenvalue weighted by Crippen LogP contribution is 2.27. The van der Waals surface area contributed by atoms with Crippen molar-refractivity contribution in [3.63, 3.8) is 0 Å². The van der Waals surface area contributed by atoms with Gasteiger partial charge in [-0.25, -0.2) is 8.42 Å². The number of nitrogens with one attached hydrogen (secondary N) is 1. The van der Waals surface area contributed by atoms with Crippen LogP contribution in [0.15, 0.2) is 16.6 Å². The Kier molecular flexibility index (Phi) is 5.37. The predicted octanol–water partition coefficient (Wildman–Crippen LogP) is 2.76. The van der Waals surface area contributed by atoms with Gasteiger partial charge in [-0.3, -0.25) is 0 Å². The van der Waals surface area contributed by atoms with Crippen LogP contribution in [0.4, 0.5) is 0 Å². The fourth-order valence-electron chi connectivity index (χ4n) is 1.99. The van der Waals surface area contributed by atoms with Gasteiger partial charge in [0.25, 0.3) is 0 Å². The SMILES string of the molecule is CNC(CCS(C)(=O)=O)c1cc(C)c(Br)c(C)c1. The van der Waals surface area contributed by atoms with Gasteiger partial charge in [0.2, 0.25) is 0 Å². The first-order valence-corrected chi connectivity index (χ1v) is 8.71. The lowest BCUT2D eigenvalue weighted by molar-refractivity contribution is 0.558. The highest BCUT2D eigenvalue weighted by Gasteiger charge is 2.14. The molecule has 0 spiro atoms. The van der Waals surface area contributed by atoms with Crippen molar-refractivity contribution >= 4 is 25.8 Å².